The Labute approximate surface area is 173 Å². The van der Waals surface area contributed by atoms with Gasteiger partial charge in [-0.05, 0) is 110 Å². The zero-order chi connectivity index (χ0) is 19.9. The molecule has 5 aliphatic carbocycles. The van der Waals surface area contributed by atoms with Crippen LogP contribution in [0.1, 0.15) is 92.4 Å². The van der Waals surface area contributed by atoms with Crippen molar-refractivity contribution >= 4 is 0 Å². The number of hydrogen-bond donors (Lipinski definition) is 1. The lowest BCUT2D eigenvalue weighted by Crippen LogP contribution is -2.56. The van der Waals surface area contributed by atoms with Crippen molar-refractivity contribution < 1.29 is 5.11 Å². The SMILES string of the molecule is CC(C)/C=C/C[C@@H](C)[C@H]1CC[C@H]2[C@@H]3C[C@@H](O)[C@]45C[C@@H]4CC[C@]5(C)[C@H]3CC[C@]12C. The lowest BCUT2D eigenvalue weighted by molar-refractivity contribution is -0.152. The molecule has 158 valence electrons. The van der Waals surface area contributed by atoms with E-state index in [4.69, 9.17) is 0 Å². The van der Waals surface area contributed by atoms with Gasteiger partial charge in [0.25, 0.3) is 0 Å². The van der Waals surface area contributed by atoms with Gasteiger partial charge in [0.05, 0.1) is 6.10 Å². The van der Waals surface area contributed by atoms with Crippen LogP contribution in [0, 0.1) is 57.7 Å². The van der Waals surface area contributed by atoms with E-state index in [0.717, 1.165) is 41.9 Å². The van der Waals surface area contributed by atoms with Crippen LogP contribution in [0.5, 0.6) is 0 Å². The van der Waals surface area contributed by atoms with E-state index in [1.165, 1.54) is 51.4 Å². The molecule has 0 aliphatic heterocycles. The van der Waals surface area contributed by atoms with E-state index in [2.05, 4.69) is 46.8 Å². The van der Waals surface area contributed by atoms with Crippen LogP contribution in [-0.2, 0) is 0 Å². The van der Waals surface area contributed by atoms with Crippen LogP contribution in [-0.4, -0.2) is 11.2 Å². The average Bonchev–Trinajstić information content (AvgIpc) is 3.15. The van der Waals surface area contributed by atoms with Crippen molar-refractivity contribution in [3.05, 3.63) is 12.2 Å². The summed E-state index contributed by atoms with van der Waals surface area (Å²) in [5.74, 6) is 5.79. The summed E-state index contributed by atoms with van der Waals surface area (Å²) >= 11 is 0. The van der Waals surface area contributed by atoms with Gasteiger partial charge >= 0.3 is 0 Å². The smallest absolute Gasteiger partial charge is 0.0607 e. The minimum atomic E-state index is -0.000881. The lowest BCUT2D eigenvalue weighted by atomic mass is 9.45. The summed E-state index contributed by atoms with van der Waals surface area (Å²) in [4.78, 5) is 0. The fourth-order valence-electron chi connectivity index (χ4n) is 10.0. The van der Waals surface area contributed by atoms with Crippen LogP contribution in [0.4, 0.5) is 0 Å². The molecule has 0 radical (unpaired) electrons. The second kappa shape index (κ2) is 6.35. The van der Waals surface area contributed by atoms with Gasteiger partial charge in [-0.15, -0.1) is 0 Å². The van der Waals surface area contributed by atoms with Gasteiger partial charge in [0, 0.05) is 5.41 Å². The zero-order valence-electron chi connectivity index (χ0n) is 19.1. The summed E-state index contributed by atoms with van der Waals surface area (Å²) in [6.07, 6.45) is 17.1. The third-order valence-electron chi connectivity index (χ3n) is 11.4. The molecule has 0 unspecified atom stereocenters. The number of rotatable bonds is 4. The molecule has 0 amide bonds. The number of hydrogen-bond acceptors (Lipinski definition) is 1. The van der Waals surface area contributed by atoms with Crippen molar-refractivity contribution in [2.24, 2.45) is 57.7 Å². The Hall–Kier alpha value is -0.300. The molecule has 5 fully saturated rings. The topological polar surface area (TPSA) is 20.2 Å². The summed E-state index contributed by atoms with van der Waals surface area (Å²) in [5.41, 5.74) is 1.31. The Bertz CT molecular complexity index is 651. The third-order valence-corrected chi connectivity index (χ3v) is 11.4. The Morgan fingerprint density at radius 2 is 1.79 bits per heavy atom. The Morgan fingerprint density at radius 3 is 2.50 bits per heavy atom. The van der Waals surface area contributed by atoms with E-state index < -0.39 is 0 Å². The normalized spacial score (nSPS) is 55.7. The van der Waals surface area contributed by atoms with Gasteiger partial charge in [-0.1, -0.05) is 46.8 Å². The van der Waals surface area contributed by atoms with Gasteiger partial charge in [0.1, 0.15) is 0 Å². The number of fused-ring (bicyclic) bond motifs is 4. The summed E-state index contributed by atoms with van der Waals surface area (Å²) in [6.45, 7) is 12.3. The molecule has 28 heavy (non-hydrogen) atoms. The van der Waals surface area contributed by atoms with Crippen LogP contribution in [0.3, 0.4) is 0 Å². The molecule has 5 aliphatic rings. The Morgan fingerprint density at radius 1 is 1.00 bits per heavy atom. The molecule has 5 saturated carbocycles. The highest BCUT2D eigenvalue weighted by molar-refractivity contribution is 5.25. The number of aliphatic hydroxyl groups excluding tert-OH is 1. The van der Waals surface area contributed by atoms with Gasteiger partial charge < -0.3 is 5.11 Å². The molecule has 1 nitrogen and oxygen atoms in total. The quantitative estimate of drug-likeness (QED) is 0.525. The highest BCUT2D eigenvalue weighted by atomic mass is 16.3. The minimum absolute atomic E-state index is 0.000881. The first-order chi connectivity index (χ1) is 13.2. The van der Waals surface area contributed by atoms with Crippen LogP contribution in [0.2, 0.25) is 0 Å². The molecule has 0 saturated heterocycles. The zero-order valence-corrected chi connectivity index (χ0v) is 19.1. The fraction of sp³-hybridized carbons (Fsp3) is 0.926. The maximum Gasteiger partial charge on any atom is 0.0607 e. The molecule has 0 aromatic rings. The summed E-state index contributed by atoms with van der Waals surface area (Å²) in [5, 5.41) is 11.3. The van der Waals surface area contributed by atoms with Crippen molar-refractivity contribution in [1.29, 1.82) is 0 Å². The average molecular weight is 385 g/mol. The molecule has 0 aromatic heterocycles. The maximum absolute atomic E-state index is 11.3. The molecule has 1 N–H and O–H groups in total. The van der Waals surface area contributed by atoms with E-state index in [-0.39, 0.29) is 6.10 Å². The first kappa shape index (κ1) is 19.7. The van der Waals surface area contributed by atoms with Crippen LogP contribution >= 0.6 is 0 Å². The second-order valence-corrected chi connectivity index (χ2v) is 12.6. The molecule has 0 aromatic carbocycles. The molecule has 1 heteroatoms. The first-order valence-electron chi connectivity index (χ1n) is 12.6. The van der Waals surface area contributed by atoms with Crippen LogP contribution in [0.25, 0.3) is 0 Å². The predicted molar refractivity (Wildman–Crippen MR) is 117 cm³/mol. The van der Waals surface area contributed by atoms with Gasteiger partial charge in [-0.3, -0.25) is 0 Å². The maximum atomic E-state index is 11.3. The molecule has 1 spiro atoms. The van der Waals surface area contributed by atoms with Crippen molar-refractivity contribution in [3.63, 3.8) is 0 Å². The van der Waals surface area contributed by atoms with Crippen molar-refractivity contribution in [1.82, 2.24) is 0 Å². The largest absolute Gasteiger partial charge is 0.393 e. The van der Waals surface area contributed by atoms with Crippen molar-refractivity contribution in [3.8, 4) is 0 Å². The van der Waals surface area contributed by atoms with Crippen molar-refractivity contribution in [2.75, 3.05) is 0 Å². The molecular formula is C27H44O. The lowest BCUT2D eigenvalue weighted by Gasteiger charge is -2.60. The Balaban J connectivity index is 1.37. The standard InChI is InChI=1S/C27H44O/c1-17(2)7-6-8-18(3)21-9-10-22-20-15-24(28)27-16-19(27)11-14-26(27,5)23(20)12-13-25(21,22)4/h6-7,17-24,28H,8-16H2,1-5H3/b7-6+/t18-,19+,20+,21-,22+,23+,24-,25-,26-,27+/m1/s1. The molecule has 10 atom stereocenters. The van der Waals surface area contributed by atoms with Crippen molar-refractivity contribution in [2.45, 2.75) is 98.5 Å². The van der Waals surface area contributed by atoms with E-state index in [1.54, 1.807) is 0 Å². The second-order valence-electron chi connectivity index (χ2n) is 12.6. The number of allylic oxidation sites excluding steroid dienone is 2. The minimum Gasteiger partial charge on any atom is -0.393 e. The summed E-state index contributed by atoms with van der Waals surface area (Å²) < 4.78 is 0. The highest BCUT2D eigenvalue weighted by Crippen LogP contribution is 2.81. The van der Waals surface area contributed by atoms with Crippen LogP contribution < -0.4 is 0 Å². The summed E-state index contributed by atoms with van der Waals surface area (Å²) in [6, 6.07) is 0. The monoisotopic (exact) mass is 384 g/mol. The molecule has 0 bridgehead atoms. The van der Waals surface area contributed by atoms with E-state index in [9.17, 15) is 5.11 Å². The predicted octanol–water partition coefficient (Wildman–Crippen LogP) is 6.85. The highest BCUT2D eigenvalue weighted by Gasteiger charge is 2.77. The Kier molecular flexibility index (Phi) is 4.46. The first-order valence-corrected chi connectivity index (χ1v) is 12.6. The fourth-order valence-corrected chi connectivity index (χ4v) is 10.0. The van der Waals surface area contributed by atoms with Gasteiger partial charge in [0.15, 0.2) is 0 Å². The molecule has 0 heterocycles. The number of aliphatic hydroxyl groups is 1. The molecular weight excluding hydrogens is 340 g/mol. The summed E-state index contributed by atoms with van der Waals surface area (Å²) in [7, 11) is 0. The van der Waals surface area contributed by atoms with Gasteiger partial charge in [0.2, 0.25) is 0 Å². The van der Waals surface area contributed by atoms with E-state index in [0.29, 0.717) is 22.2 Å². The molecule has 5 rings (SSSR count). The van der Waals surface area contributed by atoms with Gasteiger partial charge in [-0.25, -0.2) is 0 Å². The van der Waals surface area contributed by atoms with E-state index in [1.807, 2.05) is 0 Å². The van der Waals surface area contributed by atoms with Gasteiger partial charge in [-0.2, -0.15) is 0 Å². The van der Waals surface area contributed by atoms with E-state index >= 15 is 0 Å². The van der Waals surface area contributed by atoms with Crippen LogP contribution in [0.15, 0.2) is 12.2 Å². The third kappa shape index (κ3) is 2.41.